The highest BCUT2D eigenvalue weighted by Crippen LogP contribution is 2.28. The molecule has 0 aromatic carbocycles. The Morgan fingerprint density at radius 3 is 3.32 bits per heavy atom. The normalized spacial score (nSPS) is 18.8. The minimum atomic E-state index is -0.0284. The van der Waals surface area contributed by atoms with Crippen LogP contribution in [0.5, 0.6) is 0 Å². The van der Waals surface area contributed by atoms with E-state index in [-0.39, 0.29) is 11.8 Å². The van der Waals surface area contributed by atoms with Gasteiger partial charge < -0.3 is 0 Å². The third-order valence-electron chi connectivity index (χ3n) is 3.09. The fraction of sp³-hybridized carbons (Fsp3) is 0.400. The van der Waals surface area contributed by atoms with Gasteiger partial charge in [-0.25, -0.2) is 9.97 Å². The number of carbonyl (C=O) groups is 1. The molecular formula is C10H10N8O. The van der Waals surface area contributed by atoms with E-state index in [0.717, 1.165) is 0 Å². The third-order valence-corrected chi connectivity index (χ3v) is 3.09. The van der Waals surface area contributed by atoms with Gasteiger partial charge in [-0.1, -0.05) is 5.11 Å². The van der Waals surface area contributed by atoms with E-state index in [1.54, 1.807) is 11.1 Å². The van der Waals surface area contributed by atoms with Crippen LogP contribution in [0, 0.1) is 5.92 Å². The molecule has 9 heteroatoms. The van der Waals surface area contributed by atoms with Crippen molar-refractivity contribution in [3.05, 3.63) is 23.0 Å². The number of nitrogens with zero attached hydrogens (tertiary/aromatic N) is 7. The zero-order chi connectivity index (χ0) is 13.2. The number of azide groups is 1. The topological polar surface area (TPSA) is 124 Å². The minimum Gasteiger partial charge on any atom is -0.296 e. The van der Waals surface area contributed by atoms with Crippen molar-refractivity contribution < 1.29 is 4.79 Å². The van der Waals surface area contributed by atoms with E-state index in [1.165, 1.54) is 6.33 Å². The van der Waals surface area contributed by atoms with Crippen LogP contribution in [-0.2, 0) is 4.79 Å². The monoisotopic (exact) mass is 258 g/mol. The molecule has 1 N–H and O–H groups in total. The zero-order valence-corrected chi connectivity index (χ0v) is 9.89. The molecule has 3 heterocycles. The lowest BCUT2D eigenvalue weighted by Gasteiger charge is -2.15. The number of aromatic nitrogens is 4. The van der Waals surface area contributed by atoms with Gasteiger partial charge in [-0.3, -0.25) is 14.8 Å². The van der Waals surface area contributed by atoms with Gasteiger partial charge in [0.15, 0.2) is 5.65 Å². The Balaban J connectivity index is 1.92. The van der Waals surface area contributed by atoms with Crippen molar-refractivity contribution in [2.45, 2.75) is 6.42 Å². The summed E-state index contributed by atoms with van der Waals surface area (Å²) < 4.78 is 0. The number of carbonyl (C=O) groups excluding carboxylic acids is 1. The molecular weight excluding hydrogens is 248 g/mol. The smallest absolute Gasteiger partial charge is 0.228 e. The van der Waals surface area contributed by atoms with Crippen LogP contribution in [0.3, 0.4) is 0 Å². The lowest BCUT2D eigenvalue weighted by molar-refractivity contribution is -0.117. The fourth-order valence-corrected chi connectivity index (χ4v) is 2.23. The molecule has 9 nitrogen and oxygen atoms in total. The first-order chi connectivity index (χ1) is 9.29. The number of fused-ring (bicyclic) bond motifs is 1. The summed E-state index contributed by atoms with van der Waals surface area (Å²) in [6, 6.07) is 0. The van der Waals surface area contributed by atoms with E-state index in [2.05, 4.69) is 30.2 Å². The molecule has 0 spiro atoms. The highest BCUT2D eigenvalue weighted by atomic mass is 16.2. The Hall–Kier alpha value is -2.67. The van der Waals surface area contributed by atoms with Crippen LogP contribution >= 0.6 is 0 Å². The van der Waals surface area contributed by atoms with Crippen LogP contribution in [0.2, 0.25) is 0 Å². The van der Waals surface area contributed by atoms with Crippen molar-refractivity contribution in [3.8, 4) is 0 Å². The highest BCUT2D eigenvalue weighted by Gasteiger charge is 2.32. The average Bonchev–Trinajstić information content (AvgIpc) is 3.02. The van der Waals surface area contributed by atoms with E-state index < -0.39 is 0 Å². The van der Waals surface area contributed by atoms with Gasteiger partial charge in [0.2, 0.25) is 5.91 Å². The van der Waals surface area contributed by atoms with Gasteiger partial charge in [0.05, 0.1) is 11.6 Å². The maximum Gasteiger partial charge on any atom is 0.228 e. The number of H-pyrrole nitrogens is 1. The van der Waals surface area contributed by atoms with Crippen molar-refractivity contribution in [1.82, 2.24) is 20.2 Å². The number of aromatic amines is 1. The predicted molar refractivity (Wildman–Crippen MR) is 66.2 cm³/mol. The van der Waals surface area contributed by atoms with Gasteiger partial charge in [0.25, 0.3) is 0 Å². The van der Waals surface area contributed by atoms with Crippen LogP contribution < -0.4 is 4.90 Å². The Labute approximate surface area is 107 Å². The van der Waals surface area contributed by atoms with Gasteiger partial charge in [0, 0.05) is 24.4 Å². The van der Waals surface area contributed by atoms with Crippen LogP contribution in [0.25, 0.3) is 21.5 Å². The van der Waals surface area contributed by atoms with Crippen molar-refractivity contribution in [2.75, 3.05) is 18.0 Å². The number of nitrogens with one attached hydrogen (secondary N) is 1. The maximum absolute atomic E-state index is 12.0. The Morgan fingerprint density at radius 1 is 1.58 bits per heavy atom. The molecule has 1 amide bonds. The molecule has 0 radical (unpaired) electrons. The Morgan fingerprint density at radius 2 is 2.47 bits per heavy atom. The van der Waals surface area contributed by atoms with Gasteiger partial charge in [-0.05, 0) is 11.4 Å². The summed E-state index contributed by atoms with van der Waals surface area (Å²) in [4.78, 5) is 24.5. The molecule has 1 saturated heterocycles. The number of hydrogen-bond acceptors (Lipinski definition) is 5. The molecule has 0 saturated carbocycles. The van der Waals surface area contributed by atoms with E-state index in [9.17, 15) is 4.79 Å². The molecule has 19 heavy (non-hydrogen) atoms. The molecule has 1 unspecified atom stereocenters. The zero-order valence-electron chi connectivity index (χ0n) is 9.89. The predicted octanol–water partition coefficient (Wildman–Crippen LogP) is 1.02. The van der Waals surface area contributed by atoms with Crippen molar-refractivity contribution >= 4 is 22.8 Å². The molecule has 0 aliphatic carbocycles. The SMILES string of the molecule is [N-]=[N+]=NCC1CC(=O)N(c2ncnc3[nH]ncc23)C1. The molecule has 1 atom stereocenters. The van der Waals surface area contributed by atoms with Crippen LogP contribution in [0.4, 0.5) is 5.82 Å². The first-order valence-electron chi connectivity index (χ1n) is 5.75. The van der Waals surface area contributed by atoms with Crippen molar-refractivity contribution in [3.63, 3.8) is 0 Å². The molecule has 1 aliphatic rings. The summed E-state index contributed by atoms with van der Waals surface area (Å²) in [7, 11) is 0. The van der Waals surface area contributed by atoms with Crippen molar-refractivity contribution in [1.29, 1.82) is 0 Å². The number of hydrogen-bond donors (Lipinski definition) is 1. The average molecular weight is 258 g/mol. The van der Waals surface area contributed by atoms with Crippen LogP contribution in [0.1, 0.15) is 6.42 Å². The Bertz CT molecular complexity index is 673. The summed E-state index contributed by atoms with van der Waals surface area (Å²) in [5.41, 5.74) is 8.91. The molecule has 0 bridgehead atoms. The quantitative estimate of drug-likeness (QED) is 0.501. The van der Waals surface area contributed by atoms with E-state index in [1.807, 2.05) is 0 Å². The number of amides is 1. The second-order valence-corrected chi connectivity index (χ2v) is 4.32. The van der Waals surface area contributed by atoms with Gasteiger partial charge in [-0.15, -0.1) is 0 Å². The molecule has 1 fully saturated rings. The summed E-state index contributed by atoms with van der Waals surface area (Å²) in [5.74, 6) is 0.548. The molecule has 96 valence electrons. The van der Waals surface area contributed by atoms with Crippen LogP contribution in [0.15, 0.2) is 17.6 Å². The summed E-state index contributed by atoms with van der Waals surface area (Å²) in [6.07, 6.45) is 3.35. The fourth-order valence-electron chi connectivity index (χ4n) is 2.23. The number of rotatable bonds is 3. The first kappa shape index (κ1) is 11.4. The maximum atomic E-state index is 12.0. The highest BCUT2D eigenvalue weighted by molar-refractivity contribution is 6.01. The molecule has 2 aromatic rings. The Kier molecular flexibility index (Phi) is 2.73. The standard InChI is InChI=1S/C10H10N8O/c11-17-15-2-6-1-8(19)18(4-6)10-7-3-14-16-9(7)12-5-13-10/h3,5-6H,1-2,4H2,(H,12,13,14,16). The minimum absolute atomic E-state index is 0.0281. The summed E-state index contributed by atoms with van der Waals surface area (Å²) in [5, 5.41) is 10.9. The lowest BCUT2D eigenvalue weighted by atomic mass is 10.1. The molecule has 2 aromatic heterocycles. The van der Waals surface area contributed by atoms with E-state index in [0.29, 0.717) is 36.4 Å². The number of anilines is 1. The van der Waals surface area contributed by atoms with E-state index in [4.69, 9.17) is 5.53 Å². The largest absolute Gasteiger partial charge is 0.296 e. The second-order valence-electron chi connectivity index (χ2n) is 4.32. The molecule has 1 aliphatic heterocycles. The van der Waals surface area contributed by atoms with Crippen molar-refractivity contribution in [2.24, 2.45) is 11.0 Å². The summed E-state index contributed by atoms with van der Waals surface area (Å²) >= 11 is 0. The lowest BCUT2D eigenvalue weighted by Crippen LogP contribution is -2.26. The van der Waals surface area contributed by atoms with Gasteiger partial charge >= 0.3 is 0 Å². The van der Waals surface area contributed by atoms with Crippen LogP contribution in [-0.4, -0.2) is 39.2 Å². The van der Waals surface area contributed by atoms with E-state index >= 15 is 0 Å². The molecule has 3 rings (SSSR count). The van der Waals surface area contributed by atoms with Gasteiger partial charge in [-0.2, -0.15) is 5.10 Å². The third kappa shape index (κ3) is 1.95. The van der Waals surface area contributed by atoms with Gasteiger partial charge in [0.1, 0.15) is 12.1 Å². The second kappa shape index (κ2) is 4.54. The summed E-state index contributed by atoms with van der Waals surface area (Å²) in [6.45, 7) is 0.813. The first-order valence-corrected chi connectivity index (χ1v) is 5.75.